The molecule has 0 radical (unpaired) electrons. The molecule has 1 aromatic heterocycles. The van der Waals surface area contributed by atoms with Gasteiger partial charge in [0.2, 0.25) is 5.91 Å². The Hall–Kier alpha value is -3.59. The molecule has 1 aliphatic heterocycles. The lowest BCUT2D eigenvalue weighted by Crippen LogP contribution is -2.34. The number of nitrogens with one attached hydrogen (secondary N) is 2. The number of amides is 2. The monoisotopic (exact) mass is 438 g/mol. The fraction of sp³-hybridized carbons (Fsp3) is 0.348. The van der Waals surface area contributed by atoms with E-state index in [4.69, 9.17) is 14.2 Å². The Morgan fingerprint density at radius 3 is 2.78 bits per heavy atom. The maximum Gasteiger partial charge on any atom is 0.262 e. The first-order valence-electron chi connectivity index (χ1n) is 10.5. The number of rotatable bonds is 8. The number of benzene rings is 2. The van der Waals surface area contributed by atoms with Crippen LogP contribution < -0.4 is 20.1 Å². The molecule has 1 aliphatic rings. The third-order valence-corrected chi connectivity index (χ3v) is 5.33. The number of anilines is 1. The van der Waals surface area contributed by atoms with Crippen molar-refractivity contribution in [3.05, 3.63) is 48.3 Å². The molecule has 9 heteroatoms. The van der Waals surface area contributed by atoms with Gasteiger partial charge < -0.3 is 29.4 Å². The Balaban J connectivity index is 1.37. The van der Waals surface area contributed by atoms with Crippen LogP contribution in [0.5, 0.6) is 11.5 Å². The summed E-state index contributed by atoms with van der Waals surface area (Å²) in [5.74, 6) is 1.37. The quantitative estimate of drug-likeness (QED) is 0.560. The van der Waals surface area contributed by atoms with Crippen molar-refractivity contribution in [3.8, 4) is 11.5 Å². The summed E-state index contributed by atoms with van der Waals surface area (Å²) >= 11 is 0. The number of carbonyl (C=O) groups excluding carboxylic acids is 2. The molecule has 0 spiro atoms. The smallest absolute Gasteiger partial charge is 0.262 e. The highest BCUT2D eigenvalue weighted by Crippen LogP contribution is 2.26. The van der Waals surface area contributed by atoms with Crippen molar-refractivity contribution in [1.82, 2.24) is 14.9 Å². The summed E-state index contributed by atoms with van der Waals surface area (Å²) in [5, 5.41) is 5.70. The molecule has 2 N–H and O–H groups in total. The number of hydrogen-bond donors (Lipinski definition) is 2. The van der Waals surface area contributed by atoms with Crippen LogP contribution in [0, 0.1) is 0 Å². The van der Waals surface area contributed by atoms with E-state index in [9.17, 15) is 9.59 Å². The molecule has 2 amide bonds. The molecule has 0 bridgehead atoms. The highest BCUT2D eigenvalue weighted by atomic mass is 16.5. The van der Waals surface area contributed by atoms with Gasteiger partial charge in [-0.1, -0.05) is 12.1 Å². The zero-order chi connectivity index (χ0) is 22.5. The predicted molar refractivity (Wildman–Crippen MR) is 119 cm³/mol. The van der Waals surface area contributed by atoms with Gasteiger partial charge in [-0.2, -0.15) is 0 Å². The summed E-state index contributed by atoms with van der Waals surface area (Å²) in [6, 6.07) is 12.6. The van der Waals surface area contributed by atoms with Crippen LogP contribution in [0.3, 0.4) is 0 Å². The molecule has 2 heterocycles. The second-order valence-corrected chi connectivity index (χ2v) is 7.50. The van der Waals surface area contributed by atoms with Crippen LogP contribution >= 0.6 is 0 Å². The van der Waals surface area contributed by atoms with Crippen molar-refractivity contribution < 1.29 is 23.8 Å². The Morgan fingerprint density at radius 2 is 2.03 bits per heavy atom. The van der Waals surface area contributed by atoms with Crippen LogP contribution in [0.15, 0.2) is 42.5 Å². The molecule has 2 aromatic carbocycles. The summed E-state index contributed by atoms with van der Waals surface area (Å²) in [4.78, 5) is 29.1. The second-order valence-electron chi connectivity index (χ2n) is 7.50. The molecule has 0 aliphatic carbocycles. The highest BCUT2D eigenvalue weighted by molar-refractivity contribution is 5.94. The summed E-state index contributed by atoms with van der Waals surface area (Å²) in [7, 11) is 3.44. The molecule has 0 saturated carbocycles. The van der Waals surface area contributed by atoms with Gasteiger partial charge >= 0.3 is 0 Å². The van der Waals surface area contributed by atoms with Crippen molar-refractivity contribution in [1.29, 1.82) is 0 Å². The normalized spacial score (nSPS) is 15.5. The van der Waals surface area contributed by atoms with Crippen LogP contribution in [0.25, 0.3) is 11.0 Å². The van der Waals surface area contributed by atoms with Gasteiger partial charge in [0, 0.05) is 19.3 Å². The molecule has 1 fully saturated rings. The van der Waals surface area contributed by atoms with E-state index in [0.717, 1.165) is 23.9 Å². The van der Waals surface area contributed by atoms with Gasteiger partial charge in [0.15, 0.2) is 18.1 Å². The van der Waals surface area contributed by atoms with Crippen LogP contribution in [0.2, 0.25) is 0 Å². The summed E-state index contributed by atoms with van der Waals surface area (Å²) in [5.41, 5.74) is 2.23. The SMILES string of the molecule is COc1ccccc1OCC(=O)Nc1ccc2c(c1)nc(CNC(=O)[C@@H]1CCCO1)n2C. The first kappa shape index (κ1) is 21.6. The number of imidazole rings is 1. The fourth-order valence-corrected chi connectivity index (χ4v) is 3.63. The number of aryl methyl sites for hydroxylation is 1. The minimum absolute atomic E-state index is 0.113. The summed E-state index contributed by atoms with van der Waals surface area (Å²) < 4.78 is 18.1. The van der Waals surface area contributed by atoms with Gasteiger partial charge in [-0.05, 0) is 43.2 Å². The first-order chi connectivity index (χ1) is 15.5. The topological polar surface area (TPSA) is 104 Å². The molecule has 32 heavy (non-hydrogen) atoms. The van der Waals surface area contributed by atoms with Gasteiger partial charge in [-0.25, -0.2) is 4.98 Å². The Bertz CT molecular complexity index is 1120. The van der Waals surface area contributed by atoms with Gasteiger partial charge in [-0.3, -0.25) is 9.59 Å². The second kappa shape index (κ2) is 9.69. The largest absolute Gasteiger partial charge is 0.493 e. The number of para-hydroxylation sites is 2. The van der Waals surface area contributed by atoms with E-state index in [1.54, 1.807) is 31.4 Å². The maximum atomic E-state index is 12.3. The molecule has 9 nitrogen and oxygen atoms in total. The lowest BCUT2D eigenvalue weighted by atomic mass is 10.2. The Labute approximate surface area is 185 Å². The summed E-state index contributed by atoms with van der Waals surface area (Å²) in [6.45, 7) is 0.780. The van der Waals surface area contributed by atoms with Crippen molar-refractivity contribution in [2.24, 2.45) is 7.05 Å². The fourth-order valence-electron chi connectivity index (χ4n) is 3.63. The molecule has 1 atom stereocenters. The van der Waals surface area contributed by atoms with E-state index in [-0.39, 0.29) is 24.5 Å². The van der Waals surface area contributed by atoms with Crippen molar-refractivity contribution in [2.75, 3.05) is 25.6 Å². The maximum absolute atomic E-state index is 12.3. The number of aromatic nitrogens is 2. The predicted octanol–water partition coefficient (Wildman–Crippen LogP) is 2.39. The lowest BCUT2D eigenvalue weighted by molar-refractivity contribution is -0.130. The van der Waals surface area contributed by atoms with Crippen LogP contribution in [-0.4, -0.2) is 47.8 Å². The third kappa shape index (κ3) is 4.83. The van der Waals surface area contributed by atoms with Gasteiger partial charge in [-0.15, -0.1) is 0 Å². The number of methoxy groups -OCH3 is 1. The van der Waals surface area contributed by atoms with E-state index in [1.807, 2.05) is 29.8 Å². The molecule has 4 rings (SSSR count). The number of fused-ring (bicyclic) bond motifs is 1. The van der Waals surface area contributed by atoms with Crippen molar-refractivity contribution in [3.63, 3.8) is 0 Å². The van der Waals surface area contributed by atoms with Crippen LogP contribution in [0.4, 0.5) is 5.69 Å². The summed E-state index contributed by atoms with van der Waals surface area (Å²) in [6.07, 6.45) is 1.28. The van der Waals surface area contributed by atoms with E-state index in [0.29, 0.717) is 36.2 Å². The molecular formula is C23H26N4O5. The van der Waals surface area contributed by atoms with E-state index < -0.39 is 0 Å². The molecule has 0 unspecified atom stereocenters. The minimum atomic E-state index is -0.371. The van der Waals surface area contributed by atoms with Crippen LogP contribution in [-0.2, 0) is 27.9 Å². The van der Waals surface area contributed by atoms with Crippen LogP contribution in [0.1, 0.15) is 18.7 Å². The third-order valence-electron chi connectivity index (χ3n) is 5.33. The highest BCUT2D eigenvalue weighted by Gasteiger charge is 2.23. The number of hydrogen-bond acceptors (Lipinski definition) is 6. The van der Waals surface area contributed by atoms with E-state index in [1.165, 1.54) is 0 Å². The van der Waals surface area contributed by atoms with Gasteiger partial charge in [0.1, 0.15) is 11.9 Å². The average molecular weight is 438 g/mol. The number of ether oxygens (including phenoxy) is 3. The lowest BCUT2D eigenvalue weighted by Gasteiger charge is -2.10. The molecular weight excluding hydrogens is 412 g/mol. The Morgan fingerprint density at radius 1 is 1.22 bits per heavy atom. The zero-order valence-corrected chi connectivity index (χ0v) is 18.1. The van der Waals surface area contributed by atoms with Gasteiger partial charge in [0.25, 0.3) is 5.91 Å². The average Bonchev–Trinajstić information content (AvgIpc) is 3.45. The molecule has 3 aromatic rings. The minimum Gasteiger partial charge on any atom is -0.493 e. The number of carbonyl (C=O) groups is 2. The zero-order valence-electron chi connectivity index (χ0n) is 18.1. The molecule has 1 saturated heterocycles. The van der Waals surface area contributed by atoms with Gasteiger partial charge in [0.05, 0.1) is 24.7 Å². The van der Waals surface area contributed by atoms with Crippen molar-refractivity contribution in [2.45, 2.75) is 25.5 Å². The molecule has 168 valence electrons. The number of nitrogens with zero attached hydrogens (tertiary/aromatic N) is 2. The first-order valence-corrected chi connectivity index (χ1v) is 10.5. The standard InChI is InChI=1S/C23H26N4O5/c1-27-17-10-9-15(25-22(28)14-32-19-7-4-3-6-18(19)30-2)12-16(17)26-21(27)13-24-23(29)20-8-5-11-31-20/h3-4,6-7,9-10,12,20H,5,8,11,13-14H2,1-2H3,(H,24,29)(H,25,28)/t20-/m0/s1. The van der Waals surface area contributed by atoms with Crippen molar-refractivity contribution >= 4 is 28.5 Å². The van der Waals surface area contributed by atoms with E-state index >= 15 is 0 Å². The Kier molecular flexibility index (Phi) is 6.55. The van der Waals surface area contributed by atoms with E-state index in [2.05, 4.69) is 15.6 Å².